The third-order valence-corrected chi connectivity index (χ3v) is 3.96. The van der Waals surface area contributed by atoms with Crippen molar-refractivity contribution in [2.45, 2.75) is 25.4 Å². The van der Waals surface area contributed by atoms with Gasteiger partial charge in [0.2, 0.25) is 5.91 Å². The van der Waals surface area contributed by atoms with Crippen molar-refractivity contribution in [3.63, 3.8) is 0 Å². The first-order valence-electron chi connectivity index (χ1n) is 7.37. The summed E-state index contributed by atoms with van der Waals surface area (Å²) in [5, 5.41) is 13.0. The van der Waals surface area contributed by atoms with Crippen LogP contribution in [-0.4, -0.2) is 54.9 Å². The number of carbonyl (C=O) groups excluding carboxylic acids is 1. The second kappa shape index (κ2) is 7.02. The summed E-state index contributed by atoms with van der Waals surface area (Å²) >= 11 is 0. The highest BCUT2D eigenvalue weighted by Gasteiger charge is 2.31. The Labute approximate surface area is 125 Å². The first-order valence-corrected chi connectivity index (χ1v) is 7.37. The highest BCUT2D eigenvalue weighted by molar-refractivity contribution is 5.81. The number of carbonyl (C=O) groups is 1. The summed E-state index contributed by atoms with van der Waals surface area (Å²) in [4.78, 5) is 14.3. The van der Waals surface area contributed by atoms with Crippen molar-refractivity contribution >= 4 is 5.91 Å². The van der Waals surface area contributed by atoms with Crippen LogP contribution in [0.4, 0.5) is 0 Å². The minimum Gasteiger partial charge on any atom is -0.394 e. The molecule has 1 aromatic carbocycles. The molecule has 5 nitrogen and oxygen atoms in total. The van der Waals surface area contributed by atoms with Gasteiger partial charge in [0.1, 0.15) is 0 Å². The third kappa shape index (κ3) is 3.81. The number of aliphatic hydroxyl groups is 1. The number of hydrogen-bond donors (Lipinski definition) is 2. The van der Waals surface area contributed by atoms with Gasteiger partial charge >= 0.3 is 0 Å². The van der Waals surface area contributed by atoms with E-state index in [9.17, 15) is 9.90 Å². The average Bonchev–Trinajstić information content (AvgIpc) is 2.55. The van der Waals surface area contributed by atoms with Crippen LogP contribution >= 0.6 is 0 Å². The van der Waals surface area contributed by atoms with Gasteiger partial charge in [-0.3, -0.25) is 10.1 Å². The van der Waals surface area contributed by atoms with Gasteiger partial charge in [-0.05, 0) is 19.4 Å². The number of hydrogen-bond acceptors (Lipinski definition) is 4. The normalized spacial score (nSPS) is 19.9. The maximum Gasteiger partial charge on any atom is 0.239 e. The van der Waals surface area contributed by atoms with Gasteiger partial charge < -0.3 is 14.7 Å². The fourth-order valence-corrected chi connectivity index (χ4v) is 2.62. The van der Waals surface area contributed by atoms with E-state index in [1.807, 2.05) is 49.1 Å². The van der Waals surface area contributed by atoms with Crippen LogP contribution in [0, 0.1) is 0 Å². The first kappa shape index (κ1) is 15.9. The predicted octanol–water partition coefficient (Wildman–Crippen LogP) is 0.731. The van der Waals surface area contributed by atoms with Gasteiger partial charge in [-0.1, -0.05) is 30.3 Å². The fraction of sp³-hybridized carbons (Fsp3) is 0.562. The minimum absolute atomic E-state index is 0.0499. The lowest BCUT2D eigenvalue weighted by Crippen LogP contribution is -2.55. The molecule has 2 atom stereocenters. The van der Waals surface area contributed by atoms with Crippen molar-refractivity contribution in [3.8, 4) is 0 Å². The molecule has 1 saturated heterocycles. The van der Waals surface area contributed by atoms with E-state index in [4.69, 9.17) is 4.74 Å². The quantitative estimate of drug-likeness (QED) is 0.840. The molecule has 1 aliphatic rings. The van der Waals surface area contributed by atoms with Gasteiger partial charge in [0.25, 0.3) is 0 Å². The maximum absolute atomic E-state index is 12.4. The van der Waals surface area contributed by atoms with Crippen molar-refractivity contribution < 1.29 is 14.6 Å². The molecule has 0 aromatic heterocycles. The molecule has 0 spiro atoms. The number of aliphatic hydroxyl groups excluding tert-OH is 1. The summed E-state index contributed by atoms with van der Waals surface area (Å²) in [6.45, 7) is 6.12. The minimum atomic E-state index is -0.636. The molecule has 1 amide bonds. The molecule has 2 rings (SSSR count). The number of benzene rings is 1. The second-order valence-electron chi connectivity index (χ2n) is 5.66. The Morgan fingerprint density at radius 2 is 2.00 bits per heavy atom. The van der Waals surface area contributed by atoms with Crippen LogP contribution in [0.2, 0.25) is 0 Å². The lowest BCUT2D eigenvalue weighted by Gasteiger charge is -2.35. The van der Waals surface area contributed by atoms with Crippen molar-refractivity contribution in [2.75, 3.05) is 32.9 Å². The lowest BCUT2D eigenvalue weighted by molar-refractivity contribution is -0.137. The third-order valence-electron chi connectivity index (χ3n) is 3.96. The Kier molecular flexibility index (Phi) is 5.33. The van der Waals surface area contributed by atoms with Gasteiger partial charge in [0.15, 0.2) is 0 Å². The monoisotopic (exact) mass is 292 g/mol. The molecule has 0 radical (unpaired) electrons. The molecule has 21 heavy (non-hydrogen) atoms. The highest BCUT2D eigenvalue weighted by atomic mass is 16.5. The summed E-state index contributed by atoms with van der Waals surface area (Å²) in [5.41, 5.74) is 0.330. The zero-order valence-electron chi connectivity index (χ0n) is 12.7. The largest absolute Gasteiger partial charge is 0.394 e. The lowest BCUT2D eigenvalue weighted by atomic mass is 9.92. The van der Waals surface area contributed by atoms with Crippen LogP contribution in [0.5, 0.6) is 0 Å². The predicted molar refractivity (Wildman–Crippen MR) is 80.9 cm³/mol. The molecule has 0 saturated carbocycles. The molecule has 2 unspecified atom stereocenters. The Bertz CT molecular complexity index is 460. The van der Waals surface area contributed by atoms with E-state index in [1.165, 1.54) is 0 Å². The Hall–Kier alpha value is -1.43. The number of nitrogens with zero attached hydrogens (tertiary/aromatic N) is 1. The Morgan fingerprint density at radius 3 is 2.57 bits per heavy atom. The summed E-state index contributed by atoms with van der Waals surface area (Å²) in [6.07, 6.45) is 0. The molecular weight excluding hydrogens is 268 g/mol. The zero-order chi connectivity index (χ0) is 15.3. The van der Waals surface area contributed by atoms with E-state index in [0.717, 1.165) is 5.56 Å². The van der Waals surface area contributed by atoms with Crippen LogP contribution in [-0.2, 0) is 15.1 Å². The molecule has 2 N–H and O–H groups in total. The summed E-state index contributed by atoms with van der Waals surface area (Å²) in [7, 11) is 0. The van der Waals surface area contributed by atoms with Crippen LogP contribution in [0.3, 0.4) is 0 Å². The summed E-state index contributed by atoms with van der Waals surface area (Å²) in [6, 6.07) is 9.34. The molecule has 0 aliphatic carbocycles. The van der Waals surface area contributed by atoms with Crippen LogP contribution in [0.25, 0.3) is 0 Å². The van der Waals surface area contributed by atoms with Crippen molar-refractivity contribution in [2.24, 2.45) is 0 Å². The van der Waals surface area contributed by atoms with Crippen molar-refractivity contribution in [3.05, 3.63) is 35.9 Å². The van der Waals surface area contributed by atoms with Gasteiger partial charge in [0, 0.05) is 13.1 Å². The van der Waals surface area contributed by atoms with E-state index in [2.05, 4.69) is 5.32 Å². The molecule has 1 aromatic rings. The van der Waals surface area contributed by atoms with Gasteiger partial charge in [-0.25, -0.2) is 0 Å². The van der Waals surface area contributed by atoms with E-state index in [-0.39, 0.29) is 18.6 Å². The molecule has 1 fully saturated rings. The SMILES string of the molecule is CC(NC(C)(CO)c1ccccc1)C(=O)N1CCOCC1. The van der Waals surface area contributed by atoms with Gasteiger partial charge in [0.05, 0.1) is 31.4 Å². The van der Waals surface area contributed by atoms with E-state index >= 15 is 0 Å². The van der Waals surface area contributed by atoms with E-state index < -0.39 is 5.54 Å². The van der Waals surface area contributed by atoms with Crippen LogP contribution in [0.15, 0.2) is 30.3 Å². The molecular formula is C16H24N2O3. The molecule has 1 heterocycles. The smallest absolute Gasteiger partial charge is 0.239 e. The average molecular weight is 292 g/mol. The zero-order valence-corrected chi connectivity index (χ0v) is 12.7. The van der Waals surface area contributed by atoms with Crippen molar-refractivity contribution in [1.82, 2.24) is 10.2 Å². The van der Waals surface area contributed by atoms with E-state index in [1.54, 1.807) is 0 Å². The fourth-order valence-electron chi connectivity index (χ4n) is 2.62. The number of amides is 1. The number of ether oxygens (including phenoxy) is 1. The van der Waals surface area contributed by atoms with Crippen LogP contribution < -0.4 is 5.32 Å². The standard InChI is InChI=1S/C16H24N2O3/c1-13(15(20)18-8-10-21-11-9-18)17-16(2,12-19)14-6-4-3-5-7-14/h3-7,13,17,19H,8-12H2,1-2H3. The van der Waals surface area contributed by atoms with Gasteiger partial charge in [-0.15, -0.1) is 0 Å². The van der Waals surface area contributed by atoms with Crippen LogP contribution in [0.1, 0.15) is 19.4 Å². The van der Waals surface area contributed by atoms with Crippen molar-refractivity contribution in [1.29, 1.82) is 0 Å². The Balaban J connectivity index is 2.05. The summed E-state index contributed by atoms with van der Waals surface area (Å²) in [5.74, 6) is 0.0499. The second-order valence-corrected chi connectivity index (χ2v) is 5.66. The Morgan fingerprint density at radius 1 is 1.38 bits per heavy atom. The molecule has 116 valence electrons. The molecule has 1 aliphatic heterocycles. The van der Waals surface area contributed by atoms with E-state index in [0.29, 0.717) is 26.3 Å². The topological polar surface area (TPSA) is 61.8 Å². The summed E-state index contributed by atoms with van der Waals surface area (Å²) < 4.78 is 5.27. The number of nitrogens with one attached hydrogen (secondary N) is 1. The maximum atomic E-state index is 12.4. The number of rotatable bonds is 5. The van der Waals surface area contributed by atoms with Gasteiger partial charge in [-0.2, -0.15) is 0 Å². The molecule has 5 heteroatoms. The highest BCUT2D eigenvalue weighted by Crippen LogP contribution is 2.21. The first-order chi connectivity index (χ1) is 10.1. The molecule has 0 bridgehead atoms. The number of morpholine rings is 1.